The first-order valence-electron chi connectivity index (χ1n) is 10.6. The van der Waals surface area contributed by atoms with Crippen LogP contribution in [0.4, 0.5) is 0 Å². The molecule has 1 unspecified atom stereocenters. The second-order valence-electron chi connectivity index (χ2n) is 7.66. The van der Waals surface area contributed by atoms with E-state index >= 15 is 0 Å². The van der Waals surface area contributed by atoms with Crippen molar-refractivity contribution >= 4 is 0 Å². The van der Waals surface area contributed by atoms with Gasteiger partial charge in [0.15, 0.2) is 0 Å². The zero-order chi connectivity index (χ0) is 19.0. The van der Waals surface area contributed by atoms with Gasteiger partial charge in [-0.15, -0.1) is 0 Å². The average Bonchev–Trinajstić information content (AvgIpc) is 2.81. The Hall–Kier alpha value is -2.42. The summed E-state index contributed by atoms with van der Waals surface area (Å²) in [5.41, 5.74) is 5.71. The summed E-state index contributed by atoms with van der Waals surface area (Å²) in [7, 11) is 0. The Kier molecular flexibility index (Phi) is 6.54. The van der Waals surface area contributed by atoms with Gasteiger partial charge in [0.2, 0.25) is 0 Å². The van der Waals surface area contributed by atoms with Crippen LogP contribution >= 0.6 is 0 Å². The van der Waals surface area contributed by atoms with Gasteiger partial charge in [-0.25, -0.2) is 0 Å². The molecule has 1 fully saturated rings. The molecule has 2 heteroatoms. The number of piperidine rings is 1. The molecule has 3 aromatic rings. The van der Waals surface area contributed by atoms with Crippen LogP contribution in [0.25, 0.3) is 0 Å². The van der Waals surface area contributed by atoms with Gasteiger partial charge in [-0.3, -0.25) is 0 Å². The van der Waals surface area contributed by atoms with Gasteiger partial charge in [-0.05, 0) is 48.1 Å². The van der Waals surface area contributed by atoms with Crippen molar-refractivity contribution < 1.29 is 0 Å². The van der Waals surface area contributed by atoms with Crippen LogP contribution in [0.15, 0.2) is 84.9 Å². The minimum Gasteiger partial charge on any atom is -0.310 e. The van der Waals surface area contributed by atoms with Gasteiger partial charge in [0.25, 0.3) is 0 Å². The van der Waals surface area contributed by atoms with Crippen molar-refractivity contribution in [3.63, 3.8) is 0 Å². The second kappa shape index (κ2) is 9.68. The van der Waals surface area contributed by atoms with Gasteiger partial charge in [0.05, 0.1) is 6.04 Å². The Morgan fingerprint density at radius 1 is 0.607 bits per heavy atom. The van der Waals surface area contributed by atoms with E-state index < -0.39 is 0 Å². The minimum absolute atomic E-state index is 0.367. The van der Waals surface area contributed by atoms with Crippen molar-refractivity contribution in [2.24, 2.45) is 0 Å². The van der Waals surface area contributed by atoms with Crippen molar-refractivity contribution in [2.75, 3.05) is 13.1 Å². The van der Waals surface area contributed by atoms with Gasteiger partial charge in [-0.1, -0.05) is 91.3 Å². The molecule has 0 spiro atoms. The van der Waals surface area contributed by atoms with Crippen LogP contribution in [0.1, 0.15) is 53.6 Å². The number of fused-ring (bicyclic) bond motifs is 1. The molecule has 2 aliphatic heterocycles. The fourth-order valence-electron chi connectivity index (χ4n) is 4.27. The molecule has 2 nitrogen and oxygen atoms in total. The van der Waals surface area contributed by atoms with E-state index in [0.29, 0.717) is 12.1 Å². The Balaban J connectivity index is 0.000000143. The van der Waals surface area contributed by atoms with E-state index in [9.17, 15) is 0 Å². The molecule has 2 aliphatic rings. The van der Waals surface area contributed by atoms with E-state index in [-0.39, 0.29) is 0 Å². The predicted molar refractivity (Wildman–Crippen MR) is 117 cm³/mol. The highest BCUT2D eigenvalue weighted by Crippen LogP contribution is 2.28. The predicted octanol–water partition coefficient (Wildman–Crippen LogP) is 5.42. The van der Waals surface area contributed by atoms with Crippen LogP contribution in [0.2, 0.25) is 0 Å². The third-order valence-corrected chi connectivity index (χ3v) is 5.75. The van der Waals surface area contributed by atoms with Gasteiger partial charge in [0, 0.05) is 12.6 Å². The first kappa shape index (κ1) is 18.9. The summed E-state index contributed by atoms with van der Waals surface area (Å²) in [6.07, 6.45) is 5.14. The highest BCUT2D eigenvalue weighted by molar-refractivity contribution is 5.39. The quantitative estimate of drug-likeness (QED) is 0.629. The maximum absolute atomic E-state index is 3.59. The van der Waals surface area contributed by atoms with E-state index in [1.807, 2.05) is 0 Å². The van der Waals surface area contributed by atoms with E-state index in [0.717, 1.165) is 13.0 Å². The largest absolute Gasteiger partial charge is 0.310 e. The highest BCUT2D eigenvalue weighted by Gasteiger charge is 2.20. The Morgan fingerprint density at radius 2 is 1.29 bits per heavy atom. The molecule has 1 saturated heterocycles. The van der Waals surface area contributed by atoms with Crippen molar-refractivity contribution in [1.82, 2.24) is 10.6 Å². The van der Waals surface area contributed by atoms with Crippen molar-refractivity contribution in [3.8, 4) is 0 Å². The lowest BCUT2D eigenvalue weighted by Gasteiger charge is -2.27. The number of rotatable bonds is 2. The summed E-state index contributed by atoms with van der Waals surface area (Å²) in [6, 6.07) is 31.1. The molecule has 0 aliphatic carbocycles. The lowest BCUT2D eigenvalue weighted by molar-refractivity contribution is 0.412. The molecule has 0 radical (unpaired) electrons. The number of hydrogen-bond acceptors (Lipinski definition) is 2. The normalized spacial score (nSPS) is 21.1. The van der Waals surface area contributed by atoms with Crippen LogP contribution in [-0.4, -0.2) is 13.1 Å². The zero-order valence-corrected chi connectivity index (χ0v) is 16.5. The molecule has 2 atom stereocenters. The number of benzene rings is 3. The molecule has 144 valence electrons. The SMILES string of the molecule is c1ccc(C2NCCc3ccccc32)cc1.c1ccc([C@@H]2CCCCN2)cc1. The number of hydrogen-bond donors (Lipinski definition) is 2. The first-order chi connectivity index (χ1) is 13.9. The van der Waals surface area contributed by atoms with Crippen LogP contribution in [0.3, 0.4) is 0 Å². The topological polar surface area (TPSA) is 24.1 Å². The Labute approximate surface area is 169 Å². The highest BCUT2D eigenvalue weighted by atomic mass is 14.9. The second-order valence-corrected chi connectivity index (χ2v) is 7.66. The number of nitrogens with one attached hydrogen (secondary N) is 2. The molecule has 28 heavy (non-hydrogen) atoms. The monoisotopic (exact) mass is 370 g/mol. The van der Waals surface area contributed by atoms with Crippen LogP contribution < -0.4 is 10.6 Å². The summed E-state index contributed by atoms with van der Waals surface area (Å²) >= 11 is 0. The van der Waals surface area contributed by atoms with Gasteiger partial charge in [0.1, 0.15) is 0 Å². The molecular weight excluding hydrogens is 340 g/mol. The third kappa shape index (κ3) is 4.70. The van der Waals surface area contributed by atoms with E-state index in [4.69, 9.17) is 0 Å². The lowest BCUT2D eigenvalue weighted by atomic mass is 9.90. The summed E-state index contributed by atoms with van der Waals surface area (Å²) in [5.74, 6) is 0. The van der Waals surface area contributed by atoms with Crippen molar-refractivity contribution in [3.05, 3.63) is 107 Å². The summed E-state index contributed by atoms with van der Waals surface area (Å²) < 4.78 is 0. The molecule has 0 saturated carbocycles. The maximum Gasteiger partial charge on any atom is 0.0579 e. The zero-order valence-electron chi connectivity index (χ0n) is 16.5. The molecule has 3 aromatic carbocycles. The molecule has 5 rings (SSSR count). The van der Waals surface area contributed by atoms with E-state index in [2.05, 4.69) is 95.6 Å². The molecule has 0 amide bonds. The average molecular weight is 371 g/mol. The summed E-state index contributed by atoms with van der Waals surface area (Å²) in [5, 5.41) is 7.13. The standard InChI is InChI=1S/C15H15N.C11H15N/c1-2-7-13(8-3-1)15-14-9-5-4-6-12(14)10-11-16-15;1-2-6-10(7-3-1)11-8-4-5-9-12-11/h1-9,15-16H,10-11H2;1-3,6-7,11-12H,4-5,8-9H2/t;11-/m.0/s1. The fourth-order valence-corrected chi connectivity index (χ4v) is 4.27. The molecule has 0 bridgehead atoms. The van der Waals surface area contributed by atoms with Crippen molar-refractivity contribution in [2.45, 2.75) is 37.8 Å². The summed E-state index contributed by atoms with van der Waals surface area (Å²) in [6.45, 7) is 2.25. The van der Waals surface area contributed by atoms with Crippen molar-refractivity contribution in [1.29, 1.82) is 0 Å². The summed E-state index contributed by atoms with van der Waals surface area (Å²) in [4.78, 5) is 0. The maximum atomic E-state index is 3.59. The third-order valence-electron chi connectivity index (χ3n) is 5.75. The molecule has 2 heterocycles. The van der Waals surface area contributed by atoms with Gasteiger partial charge < -0.3 is 10.6 Å². The van der Waals surface area contributed by atoms with Crippen LogP contribution in [0.5, 0.6) is 0 Å². The minimum atomic E-state index is 0.367. The Morgan fingerprint density at radius 3 is 2.00 bits per heavy atom. The van der Waals surface area contributed by atoms with Gasteiger partial charge in [-0.2, -0.15) is 0 Å². The van der Waals surface area contributed by atoms with Crippen LogP contribution in [-0.2, 0) is 6.42 Å². The molecule has 0 aromatic heterocycles. The van der Waals surface area contributed by atoms with Gasteiger partial charge >= 0.3 is 0 Å². The molecule has 2 N–H and O–H groups in total. The fraction of sp³-hybridized carbons (Fsp3) is 0.308. The van der Waals surface area contributed by atoms with E-state index in [1.165, 1.54) is 48.1 Å². The van der Waals surface area contributed by atoms with Crippen LogP contribution in [0, 0.1) is 0 Å². The molecular formula is C26H30N2. The first-order valence-corrected chi connectivity index (χ1v) is 10.6. The smallest absolute Gasteiger partial charge is 0.0579 e. The lowest BCUT2D eigenvalue weighted by Crippen LogP contribution is -2.30. The van der Waals surface area contributed by atoms with E-state index in [1.54, 1.807) is 0 Å². The Bertz CT molecular complexity index is 839.